The van der Waals surface area contributed by atoms with Crippen LogP contribution in [0.15, 0.2) is 27.3 Å². The number of hydrogen-bond donors (Lipinski definition) is 4. The van der Waals surface area contributed by atoms with Gasteiger partial charge in [-0.3, -0.25) is 14.3 Å². The number of aliphatic hydroxyl groups excluding tert-OH is 2. The summed E-state index contributed by atoms with van der Waals surface area (Å²) in [5, 5.41) is 18.8. The van der Waals surface area contributed by atoms with Gasteiger partial charge in [0.1, 0.15) is 6.61 Å². The van der Waals surface area contributed by atoms with Gasteiger partial charge in [-0.05, 0) is 0 Å². The van der Waals surface area contributed by atoms with Crippen LogP contribution in [0, 0.1) is 18.2 Å². The maximum Gasteiger partial charge on any atom is 0.331 e. The number of halogens is 1. The highest BCUT2D eigenvalue weighted by molar-refractivity contribution is 5.35. The number of nitrogens with zero attached hydrogens (tertiary/aromatic N) is 1. The van der Waals surface area contributed by atoms with Gasteiger partial charge in [-0.15, -0.1) is 6.42 Å². The van der Waals surface area contributed by atoms with Crippen LogP contribution < -0.4 is 17.0 Å². The molecule has 1 unspecified atom stereocenters. The average Bonchev–Trinajstić information content (AvgIpc) is 2.67. The van der Waals surface area contributed by atoms with E-state index in [1.54, 1.807) is 4.98 Å². The van der Waals surface area contributed by atoms with Crippen molar-refractivity contribution in [1.82, 2.24) is 9.55 Å². The third-order valence-electron chi connectivity index (χ3n) is 2.86. The Morgan fingerprint density at radius 2 is 2.30 bits per heavy atom. The van der Waals surface area contributed by atoms with Crippen molar-refractivity contribution in [2.24, 2.45) is 5.73 Å². The number of hydrogen-bond acceptors (Lipinski definition) is 6. The highest BCUT2D eigenvalue weighted by atomic mass is 19.1. The first-order valence-electron chi connectivity index (χ1n) is 5.33. The van der Waals surface area contributed by atoms with E-state index < -0.39 is 41.2 Å². The molecule has 0 radical (unpaired) electrons. The van der Waals surface area contributed by atoms with Crippen LogP contribution >= 0.6 is 0 Å². The summed E-state index contributed by atoms with van der Waals surface area (Å²) in [6, 6.07) is 0. The smallest absolute Gasteiger partial charge is 0.331 e. The zero-order valence-electron chi connectivity index (χ0n) is 9.96. The van der Waals surface area contributed by atoms with Crippen LogP contribution in [0.4, 0.5) is 4.39 Å². The molecule has 2 atom stereocenters. The number of aromatic amines is 1. The molecule has 8 nitrogen and oxygen atoms in total. The highest BCUT2D eigenvalue weighted by Gasteiger charge is 2.49. The second-order valence-electron chi connectivity index (χ2n) is 4.06. The molecule has 0 bridgehead atoms. The lowest BCUT2D eigenvalue weighted by molar-refractivity contribution is 0.0330. The van der Waals surface area contributed by atoms with Gasteiger partial charge < -0.3 is 20.7 Å². The van der Waals surface area contributed by atoms with E-state index in [0.29, 0.717) is 10.8 Å². The molecular weight excluding hydrogens is 273 g/mol. The fourth-order valence-corrected chi connectivity index (χ4v) is 1.79. The first-order valence-corrected chi connectivity index (χ1v) is 5.33. The van der Waals surface area contributed by atoms with E-state index in [1.807, 2.05) is 5.92 Å². The molecule has 0 saturated heterocycles. The first-order chi connectivity index (χ1) is 9.35. The summed E-state index contributed by atoms with van der Waals surface area (Å²) in [5.41, 5.74) is 1.52. The van der Waals surface area contributed by atoms with Gasteiger partial charge in [-0.1, -0.05) is 5.92 Å². The van der Waals surface area contributed by atoms with Crippen molar-refractivity contribution >= 4 is 0 Å². The number of H-pyrrole nitrogens is 1. The molecule has 0 spiro atoms. The predicted molar refractivity (Wildman–Crippen MR) is 63.9 cm³/mol. The Morgan fingerprint density at radius 1 is 1.65 bits per heavy atom. The third kappa shape index (κ3) is 1.78. The zero-order chi connectivity index (χ0) is 15.1. The number of aliphatic hydroxyl groups is 2. The Balaban J connectivity index is 2.62. The van der Waals surface area contributed by atoms with Crippen molar-refractivity contribution in [1.29, 1.82) is 0 Å². The minimum absolute atomic E-state index is 0.339. The third-order valence-corrected chi connectivity index (χ3v) is 2.86. The molecule has 0 amide bonds. The Hall–Kier alpha value is -2.57. The predicted octanol–water partition coefficient (Wildman–Crippen LogP) is -1.70. The minimum atomic E-state index is -1.98. The molecule has 5 N–H and O–H groups in total. The number of terminal acetylenes is 1. The van der Waals surface area contributed by atoms with Gasteiger partial charge in [-0.25, -0.2) is 4.79 Å². The lowest BCUT2D eigenvalue weighted by atomic mass is 9.98. The monoisotopic (exact) mass is 283 g/mol. The van der Waals surface area contributed by atoms with Crippen LogP contribution in [0.25, 0.3) is 0 Å². The number of ether oxygens (including phenoxy) is 1. The summed E-state index contributed by atoms with van der Waals surface area (Å²) in [6.07, 6.45) is 4.26. The molecule has 2 rings (SSSR count). The van der Waals surface area contributed by atoms with Gasteiger partial charge in [0.15, 0.2) is 17.1 Å². The molecular formula is C11H10FN3O5. The van der Waals surface area contributed by atoms with Crippen LogP contribution in [-0.4, -0.2) is 31.9 Å². The SMILES string of the molecule is C#CC1(N)C(O)=C(CO)O[C@H]1n1cc(F)c(=O)[nH]c1=O. The zero-order valence-corrected chi connectivity index (χ0v) is 9.96. The number of rotatable bonds is 2. The van der Waals surface area contributed by atoms with Crippen molar-refractivity contribution in [2.75, 3.05) is 6.61 Å². The van der Waals surface area contributed by atoms with Crippen LogP contribution in [-0.2, 0) is 4.74 Å². The minimum Gasteiger partial charge on any atom is -0.506 e. The van der Waals surface area contributed by atoms with E-state index in [4.69, 9.17) is 22.0 Å². The van der Waals surface area contributed by atoms with Crippen molar-refractivity contribution < 1.29 is 19.3 Å². The van der Waals surface area contributed by atoms with Crippen molar-refractivity contribution in [3.63, 3.8) is 0 Å². The molecule has 2 heterocycles. The van der Waals surface area contributed by atoms with Crippen LogP contribution in [0.1, 0.15) is 6.23 Å². The van der Waals surface area contributed by atoms with E-state index in [-0.39, 0.29) is 5.76 Å². The maximum absolute atomic E-state index is 13.3. The van der Waals surface area contributed by atoms with Crippen molar-refractivity contribution in [3.05, 3.63) is 44.4 Å². The van der Waals surface area contributed by atoms with E-state index >= 15 is 0 Å². The molecule has 1 aromatic heterocycles. The molecule has 0 aromatic carbocycles. The topological polar surface area (TPSA) is 131 Å². The summed E-state index contributed by atoms with van der Waals surface area (Å²) in [5.74, 6) is -0.222. The maximum atomic E-state index is 13.3. The summed E-state index contributed by atoms with van der Waals surface area (Å²) in [7, 11) is 0. The Morgan fingerprint density at radius 3 is 2.85 bits per heavy atom. The van der Waals surface area contributed by atoms with Gasteiger partial charge in [0.05, 0.1) is 6.20 Å². The molecule has 1 aliphatic rings. The first kappa shape index (κ1) is 13.9. The summed E-state index contributed by atoms with van der Waals surface area (Å²) in [6.45, 7) is -0.719. The van der Waals surface area contributed by atoms with Crippen LogP contribution in [0.2, 0.25) is 0 Å². The average molecular weight is 283 g/mol. The quantitative estimate of drug-likeness (QED) is 0.478. The molecule has 106 valence electrons. The molecule has 0 aliphatic carbocycles. The molecule has 9 heteroatoms. The van der Waals surface area contributed by atoms with Crippen LogP contribution in [0.3, 0.4) is 0 Å². The number of nitrogens with two attached hydrogens (primary N) is 1. The van der Waals surface area contributed by atoms with Gasteiger partial charge in [0, 0.05) is 0 Å². The highest BCUT2D eigenvalue weighted by Crippen LogP contribution is 2.37. The fraction of sp³-hybridized carbons (Fsp3) is 0.273. The summed E-state index contributed by atoms with van der Waals surface area (Å²) in [4.78, 5) is 24.3. The lowest BCUT2D eigenvalue weighted by Gasteiger charge is -2.25. The Bertz CT molecular complexity index is 744. The molecule has 20 heavy (non-hydrogen) atoms. The van der Waals surface area contributed by atoms with Gasteiger partial charge in [0.25, 0.3) is 5.56 Å². The van der Waals surface area contributed by atoms with E-state index in [1.165, 1.54) is 0 Å². The molecule has 1 aliphatic heterocycles. The fourth-order valence-electron chi connectivity index (χ4n) is 1.79. The second-order valence-corrected chi connectivity index (χ2v) is 4.06. The van der Waals surface area contributed by atoms with E-state index in [0.717, 1.165) is 0 Å². The lowest BCUT2D eigenvalue weighted by Crippen LogP contribution is -2.49. The van der Waals surface area contributed by atoms with Crippen LogP contribution in [0.5, 0.6) is 0 Å². The van der Waals surface area contributed by atoms with Crippen molar-refractivity contribution in [3.8, 4) is 12.3 Å². The molecule has 1 aromatic rings. The van der Waals surface area contributed by atoms with Crippen molar-refractivity contribution in [2.45, 2.75) is 11.8 Å². The largest absolute Gasteiger partial charge is 0.506 e. The second kappa shape index (κ2) is 4.52. The molecule has 0 fully saturated rings. The van der Waals surface area contributed by atoms with Gasteiger partial charge in [0.2, 0.25) is 12.0 Å². The van der Waals surface area contributed by atoms with E-state index in [2.05, 4.69) is 0 Å². The van der Waals surface area contributed by atoms with Gasteiger partial charge in [-0.2, -0.15) is 4.39 Å². The molecule has 0 saturated carbocycles. The summed E-state index contributed by atoms with van der Waals surface area (Å²) < 4.78 is 18.9. The van der Waals surface area contributed by atoms with Gasteiger partial charge >= 0.3 is 5.69 Å². The number of aromatic nitrogens is 2. The Labute approximate surface area is 110 Å². The summed E-state index contributed by atoms with van der Waals surface area (Å²) >= 11 is 0. The standard InChI is InChI=1S/C11H10FN3O5/c1-2-11(13)7(17)6(4-16)20-9(11)15-3-5(12)8(18)14-10(15)19/h1,3,9,16-17H,4,13H2,(H,14,18,19)/t9-,11?/m1/s1. The van der Waals surface area contributed by atoms with E-state index in [9.17, 15) is 19.1 Å². The number of nitrogens with one attached hydrogen (secondary N) is 1. The Kier molecular flexibility index (Phi) is 3.13. The normalized spacial score (nSPS) is 25.4.